The SMILES string of the molecule is CCCC[N+]1(CCCC)C=CN(Cn2ccnc2)C1. The van der Waals surface area contributed by atoms with Crippen molar-refractivity contribution in [3.05, 3.63) is 31.1 Å². The van der Waals surface area contributed by atoms with Crippen molar-refractivity contribution in [3.63, 3.8) is 0 Å². The van der Waals surface area contributed by atoms with Gasteiger partial charge in [0.25, 0.3) is 0 Å². The molecular weight excluding hydrogens is 236 g/mol. The minimum Gasteiger partial charge on any atom is -0.319 e. The summed E-state index contributed by atoms with van der Waals surface area (Å²) < 4.78 is 3.26. The molecule has 19 heavy (non-hydrogen) atoms. The van der Waals surface area contributed by atoms with Crippen molar-refractivity contribution in [3.8, 4) is 0 Å². The molecule has 2 rings (SSSR count). The topological polar surface area (TPSA) is 21.1 Å². The van der Waals surface area contributed by atoms with Crippen LogP contribution in [-0.4, -0.2) is 38.7 Å². The van der Waals surface area contributed by atoms with Crippen molar-refractivity contribution < 1.29 is 4.48 Å². The standard InChI is InChI=1S/C15H27N4/c1-3-5-10-19(11-6-4-2)12-9-18(15-19)14-17-8-7-16-13-17/h7-9,12-13H,3-6,10-11,14-15H2,1-2H3/q+1. The van der Waals surface area contributed by atoms with E-state index < -0.39 is 0 Å². The number of nitrogens with zero attached hydrogens (tertiary/aromatic N) is 4. The lowest BCUT2D eigenvalue weighted by Crippen LogP contribution is -2.46. The monoisotopic (exact) mass is 263 g/mol. The molecule has 0 saturated heterocycles. The molecule has 2 heterocycles. The normalized spacial score (nSPS) is 17.3. The average molecular weight is 263 g/mol. The lowest BCUT2D eigenvalue weighted by Gasteiger charge is -2.33. The quantitative estimate of drug-likeness (QED) is 0.672. The van der Waals surface area contributed by atoms with Crippen LogP contribution in [0.2, 0.25) is 0 Å². The van der Waals surface area contributed by atoms with Crippen LogP contribution < -0.4 is 0 Å². The molecule has 1 aliphatic heterocycles. The molecule has 0 bridgehead atoms. The minimum atomic E-state index is 0.911. The van der Waals surface area contributed by atoms with Gasteiger partial charge in [0, 0.05) is 12.4 Å². The van der Waals surface area contributed by atoms with Gasteiger partial charge in [-0.05, 0) is 12.8 Å². The Balaban J connectivity index is 1.92. The van der Waals surface area contributed by atoms with E-state index in [-0.39, 0.29) is 0 Å². The first-order chi connectivity index (χ1) is 9.28. The number of aromatic nitrogens is 2. The zero-order chi connectivity index (χ0) is 13.6. The van der Waals surface area contributed by atoms with E-state index in [0.29, 0.717) is 0 Å². The van der Waals surface area contributed by atoms with E-state index in [1.807, 2.05) is 18.7 Å². The maximum atomic E-state index is 4.11. The van der Waals surface area contributed by atoms with Gasteiger partial charge in [0.1, 0.15) is 12.9 Å². The van der Waals surface area contributed by atoms with Gasteiger partial charge in [-0.3, -0.25) is 4.48 Å². The maximum absolute atomic E-state index is 4.11. The van der Waals surface area contributed by atoms with Crippen LogP contribution in [0.4, 0.5) is 0 Å². The molecule has 1 aromatic heterocycles. The van der Waals surface area contributed by atoms with Crippen molar-refractivity contribution >= 4 is 0 Å². The minimum absolute atomic E-state index is 0.911. The number of unbranched alkanes of at least 4 members (excludes halogenated alkanes) is 2. The molecule has 0 unspecified atom stereocenters. The molecule has 0 N–H and O–H groups in total. The van der Waals surface area contributed by atoms with Gasteiger partial charge >= 0.3 is 0 Å². The van der Waals surface area contributed by atoms with Gasteiger partial charge < -0.3 is 9.47 Å². The average Bonchev–Trinajstić information content (AvgIpc) is 3.06. The van der Waals surface area contributed by atoms with E-state index in [1.165, 1.54) is 38.8 Å². The van der Waals surface area contributed by atoms with Crippen LogP contribution in [0.1, 0.15) is 39.5 Å². The Bertz CT molecular complexity index is 375. The molecular formula is C15H27N4+. The summed E-state index contributed by atoms with van der Waals surface area (Å²) >= 11 is 0. The number of hydrogen-bond donors (Lipinski definition) is 0. The van der Waals surface area contributed by atoms with E-state index in [9.17, 15) is 0 Å². The zero-order valence-electron chi connectivity index (χ0n) is 12.3. The zero-order valence-corrected chi connectivity index (χ0v) is 12.3. The molecule has 0 aromatic carbocycles. The van der Waals surface area contributed by atoms with Gasteiger partial charge in [-0.15, -0.1) is 0 Å². The van der Waals surface area contributed by atoms with Gasteiger partial charge in [-0.1, -0.05) is 26.7 Å². The van der Waals surface area contributed by atoms with E-state index in [2.05, 4.69) is 40.7 Å². The molecule has 1 aliphatic rings. The second-order valence-electron chi connectivity index (χ2n) is 5.62. The highest BCUT2D eigenvalue weighted by molar-refractivity contribution is 4.83. The molecule has 1 aromatic rings. The number of quaternary nitrogens is 1. The van der Waals surface area contributed by atoms with Crippen molar-refractivity contribution in [2.75, 3.05) is 19.8 Å². The van der Waals surface area contributed by atoms with Crippen LogP contribution in [0.25, 0.3) is 0 Å². The highest BCUT2D eigenvalue weighted by atomic mass is 15.5. The molecule has 0 amide bonds. The van der Waals surface area contributed by atoms with Gasteiger partial charge in [0.15, 0.2) is 6.67 Å². The van der Waals surface area contributed by atoms with E-state index in [4.69, 9.17) is 0 Å². The van der Waals surface area contributed by atoms with Gasteiger partial charge in [0.05, 0.1) is 25.6 Å². The Labute approximate surface area is 116 Å². The predicted molar refractivity (Wildman–Crippen MR) is 77.9 cm³/mol. The smallest absolute Gasteiger partial charge is 0.159 e. The maximum Gasteiger partial charge on any atom is 0.159 e. The highest BCUT2D eigenvalue weighted by Crippen LogP contribution is 2.21. The Morgan fingerprint density at radius 3 is 2.47 bits per heavy atom. The molecule has 106 valence electrons. The molecule has 0 atom stereocenters. The Hall–Kier alpha value is -1.29. The molecule has 0 aliphatic carbocycles. The second-order valence-corrected chi connectivity index (χ2v) is 5.62. The van der Waals surface area contributed by atoms with Crippen molar-refractivity contribution in [1.29, 1.82) is 0 Å². The highest BCUT2D eigenvalue weighted by Gasteiger charge is 2.30. The van der Waals surface area contributed by atoms with Crippen molar-refractivity contribution in [1.82, 2.24) is 14.5 Å². The predicted octanol–water partition coefficient (Wildman–Crippen LogP) is 3.00. The Morgan fingerprint density at radius 1 is 1.16 bits per heavy atom. The lowest BCUT2D eigenvalue weighted by molar-refractivity contribution is -0.882. The summed E-state index contributed by atoms with van der Waals surface area (Å²) in [7, 11) is 0. The molecule has 0 spiro atoms. The summed E-state index contributed by atoms with van der Waals surface area (Å²) in [4.78, 5) is 6.50. The van der Waals surface area contributed by atoms with Crippen LogP contribution in [0, 0.1) is 0 Å². The van der Waals surface area contributed by atoms with Gasteiger partial charge in [-0.2, -0.15) is 0 Å². The fourth-order valence-corrected chi connectivity index (χ4v) is 2.71. The van der Waals surface area contributed by atoms with Gasteiger partial charge in [-0.25, -0.2) is 4.98 Å². The van der Waals surface area contributed by atoms with E-state index in [1.54, 1.807) is 0 Å². The summed E-state index contributed by atoms with van der Waals surface area (Å²) in [6.07, 6.45) is 15.6. The Morgan fingerprint density at radius 2 is 1.89 bits per heavy atom. The van der Waals surface area contributed by atoms with E-state index >= 15 is 0 Å². The first-order valence-electron chi connectivity index (χ1n) is 7.53. The number of rotatable bonds is 8. The number of hydrogen-bond acceptors (Lipinski definition) is 2. The summed E-state index contributed by atoms with van der Waals surface area (Å²) in [5.74, 6) is 0. The Kier molecular flexibility index (Phi) is 5.02. The van der Waals surface area contributed by atoms with Crippen LogP contribution in [0.3, 0.4) is 0 Å². The van der Waals surface area contributed by atoms with Gasteiger partial charge in [0.2, 0.25) is 0 Å². The molecule has 0 saturated carbocycles. The summed E-state index contributed by atoms with van der Waals surface area (Å²) in [6.45, 7) is 9.12. The number of imidazole rings is 1. The van der Waals surface area contributed by atoms with E-state index in [0.717, 1.165) is 17.8 Å². The van der Waals surface area contributed by atoms with Crippen molar-refractivity contribution in [2.24, 2.45) is 0 Å². The third-order valence-corrected chi connectivity index (χ3v) is 3.88. The van der Waals surface area contributed by atoms with Crippen LogP contribution in [-0.2, 0) is 6.67 Å². The largest absolute Gasteiger partial charge is 0.319 e. The fraction of sp³-hybridized carbons (Fsp3) is 0.667. The molecule has 4 heteroatoms. The third-order valence-electron chi connectivity index (χ3n) is 3.88. The first kappa shape index (κ1) is 14.1. The summed E-state index contributed by atoms with van der Waals surface area (Å²) in [6, 6.07) is 0. The first-order valence-corrected chi connectivity index (χ1v) is 7.53. The fourth-order valence-electron chi connectivity index (χ4n) is 2.71. The van der Waals surface area contributed by atoms with Crippen LogP contribution in [0.15, 0.2) is 31.1 Å². The lowest BCUT2D eigenvalue weighted by atomic mass is 10.2. The van der Waals surface area contributed by atoms with Crippen LogP contribution >= 0.6 is 0 Å². The summed E-state index contributed by atoms with van der Waals surface area (Å²) in [5.41, 5.74) is 0. The molecule has 0 radical (unpaired) electrons. The molecule has 4 nitrogen and oxygen atoms in total. The second kappa shape index (κ2) is 6.75. The van der Waals surface area contributed by atoms with Crippen molar-refractivity contribution in [2.45, 2.75) is 46.2 Å². The van der Waals surface area contributed by atoms with Crippen LogP contribution in [0.5, 0.6) is 0 Å². The molecule has 0 fully saturated rings. The third kappa shape index (κ3) is 3.83. The summed E-state index contributed by atoms with van der Waals surface area (Å²) in [5, 5.41) is 0.